The molecule has 0 aliphatic heterocycles. The minimum atomic E-state index is -0.935. The summed E-state index contributed by atoms with van der Waals surface area (Å²) in [6, 6.07) is 10.2. The summed E-state index contributed by atoms with van der Waals surface area (Å²) in [4.78, 5) is 20.9. The van der Waals surface area contributed by atoms with Crippen molar-refractivity contribution in [3.8, 4) is 0 Å². The van der Waals surface area contributed by atoms with Crippen molar-refractivity contribution in [2.24, 2.45) is 0 Å². The van der Waals surface area contributed by atoms with Gasteiger partial charge in [-0.15, -0.1) is 11.8 Å². The highest BCUT2D eigenvalue weighted by atomic mass is 32.2. The van der Waals surface area contributed by atoms with E-state index in [1.807, 2.05) is 18.2 Å². The molecule has 4 nitrogen and oxygen atoms in total. The van der Waals surface area contributed by atoms with Crippen LogP contribution in [0.1, 0.15) is 65.5 Å². The van der Waals surface area contributed by atoms with Crippen molar-refractivity contribution in [3.05, 3.63) is 53.0 Å². The Morgan fingerprint density at radius 3 is 2.56 bits per heavy atom. The Balaban J connectivity index is 1.79. The number of aromatic carboxylic acids is 1. The number of rotatable bonds is 6. The fourth-order valence-electron chi connectivity index (χ4n) is 3.37. The van der Waals surface area contributed by atoms with Crippen LogP contribution in [-0.4, -0.2) is 26.8 Å². The first-order valence-corrected chi connectivity index (χ1v) is 9.92. The maximum atomic E-state index is 11.7. The Morgan fingerprint density at radius 2 is 1.88 bits per heavy atom. The van der Waals surface area contributed by atoms with Gasteiger partial charge in [-0.2, -0.15) is 0 Å². The topological polar surface area (TPSA) is 63.1 Å². The van der Waals surface area contributed by atoms with Gasteiger partial charge in [-0.1, -0.05) is 49.6 Å². The molecule has 0 amide bonds. The standard InChI is InChI=1S/C20H24N2O2S/c1-14-17(20(23)24)19(25-13-12-15-8-4-2-5-9-15)22-18(21-14)16-10-6-3-7-11-16/h2,4-5,8-9,16H,3,6-7,10-13H2,1H3,(H,23,24). The zero-order valence-corrected chi connectivity index (χ0v) is 15.4. The van der Waals surface area contributed by atoms with Gasteiger partial charge < -0.3 is 5.11 Å². The first kappa shape index (κ1) is 17.9. The number of aryl methyl sites for hydroxylation is 2. The third kappa shape index (κ3) is 4.60. The third-order valence-electron chi connectivity index (χ3n) is 4.73. The second kappa shape index (κ2) is 8.48. The quantitative estimate of drug-likeness (QED) is 0.591. The van der Waals surface area contributed by atoms with Gasteiger partial charge in [0.15, 0.2) is 0 Å². The molecule has 0 spiro atoms. The average Bonchev–Trinajstić information content (AvgIpc) is 2.62. The summed E-state index contributed by atoms with van der Waals surface area (Å²) in [5.41, 5.74) is 2.10. The fraction of sp³-hybridized carbons (Fsp3) is 0.450. The van der Waals surface area contributed by atoms with E-state index in [4.69, 9.17) is 0 Å². The molecule has 1 fully saturated rings. The Hall–Kier alpha value is -1.88. The average molecular weight is 356 g/mol. The van der Waals surface area contributed by atoms with Crippen molar-refractivity contribution in [3.63, 3.8) is 0 Å². The van der Waals surface area contributed by atoms with Gasteiger partial charge in [-0.05, 0) is 31.7 Å². The Kier molecular flexibility index (Phi) is 6.08. The molecule has 132 valence electrons. The maximum Gasteiger partial charge on any atom is 0.340 e. The molecule has 0 atom stereocenters. The summed E-state index contributed by atoms with van der Waals surface area (Å²) in [5.74, 6) is 1.09. The Labute approximate surface area is 153 Å². The van der Waals surface area contributed by atoms with Gasteiger partial charge in [0.05, 0.1) is 5.69 Å². The SMILES string of the molecule is Cc1nc(C2CCCCC2)nc(SCCc2ccccc2)c1C(=O)O. The number of hydrogen-bond donors (Lipinski definition) is 1. The lowest BCUT2D eigenvalue weighted by atomic mass is 9.88. The molecule has 1 aromatic heterocycles. The molecule has 1 aliphatic carbocycles. The summed E-state index contributed by atoms with van der Waals surface area (Å²) in [6.45, 7) is 1.79. The van der Waals surface area contributed by atoms with Crippen molar-refractivity contribution < 1.29 is 9.90 Å². The van der Waals surface area contributed by atoms with Crippen molar-refractivity contribution in [1.29, 1.82) is 0 Å². The van der Waals surface area contributed by atoms with Crippen LogP contribution in [0.15, 0.2) is 35.4 Å². The van der Waals surface area contributed by atoms with E-state index in [0.717, 1.165) is 30.8 Å². The van der Waals surface area contributed by atoms with Crippen molar-refractivity contribution >= 4 is 17.7 Å². The number of nitrogens with zero attached hydrogens (tertiary/aromatic N) is 2. The molecule has 1 heterocycles. The maximum absolute atomic E-state index is 11.7. The molecule has 3 rings (SSSR count). The lowest BCUT2D eigenvalue weighted by Gasteiger charge is -2.21. The zero-order valence-electron chi connectivity index (χ0n) is 14.6. The molecular formula is C20H24N2O2S. The smallest absolute Gasteiger partial charge is 0.340 e. The highest BCUT2D eigenvalue weighted by Crippen LogP contribution is 2.33. The van der Waals surface area contributed by atoms with Gasteiger partial charge in [0.1, 0.15) is 16.4 Å². The normalized spacial score (nSPS) is 15.2. The molecule has 1 aromatic carbocycles. The van der Waals surface area contributed by atoms with Gasteiger partial charge >= 0.3 is 5.97 Å². The van der Waals surface area contributed by atoms with Gasteiger partial charge in [0, 0.05) is 11.7 Å². The van der Waals surface area contributed by atoms with E-state index in [1.54, 1.807) is 6.92 Å². The highest BCUT2D eigenvalue weighted by molar-refractivity contribution is 7.99. The van der Waals surface area contributed by atoms with Crippen LogP contribution >= 0.6 is 11.8 Å². The molecule has 1 aliphatic rings. The summed E-state index contributed by atoms with van der Waals surface area (Å²) >= 11 is 1.53. The van der Waals surface area contributed by atoms with Crippen LogP contribution in [0.2, 0.25) is 0 Å². The number of hydrogen-bond acceptors (Lipinski definition) is 4. The van der Waals surface area contributed by atoms with E-state index in [9.17, 15) is 9.90 Å². The number of thioether (sulfide) groups is 1. The summed E-state index contributed by atoms with van der Waals surface area (Å²) in [5, 5.41) is 10.2. The van der Waals surface area contributed by atoms with Crippen LogP contribution in [-0.2, 0) is 6.42 Å². The van der Waals surface area contributed by atoms with E-state index in [-0.39, 0.29) is 5.56 Å². The third-order valence-corrected chi connectivity index (χ3v) is 5.71. The molecule has 0 saturated heterocycles. The van der Waals surface area contributed by atoms with Crippen LogP contribution in [0.25, 0.3) is 0 Å². The molecule has 2 aromatic rings. The lowest BCUT2D eigenvalue weighted by Crippen LogP contribution is -2.14. The van der Waals surface area contributed by atoms with Gasteiger partial charge in [-0.3, -0.25) is 0 Å². The van der Waals surface area contributed by atoms with Crippen molar-refractivity contribution in [2.75, 3.05) is 5.75 Å². The van der Waals surface area contributed by atoms with Crippen molar-refractivity contribution in [1.82, 2.24) is 9.97 Å². The lowest BCUT2D eigenvalue weighted by molar-refractivity contribution is 0.0690. The van der Waals surface area contributed by atoms with Gasteiger partial charge in [-0.25, -0.2) is 14.8 Å². The number of carboxylic acid groups (broad SMARTS) is 1. The highest BCUT2D eigenvalue weighted by Gasteiger charge is 2.23. The predicted molar refractivity (Wildman–Crippen MR) is 100 cm³/mol. The van der Waals surface area contributed by atoms with Gasteiger partial charge in [0.25, 0.3) is 0 Å². The summed E-state index contributed by atoms with van der Waals surface area (Å²) in [7, 11) is 0. The second-order valence-electron chi connectivity index (χ2n) is 6.57. The molecule has 25 heavy (non-hydrogen) atoms. The van der Waals surface area contributed by atoms with E-state index in [1.165, 1.54) is 36.6 Å². The molecule has 0 radical (unpaired) electrons. The fourth-order valence-corrected chi connectivity index (χ4v) is 4.44. The Bertz CT molecular complexity index is 728. The minimum Gasteiger partial charge on any atom is -0.478 e. The molecule has 5 heteroatoms. The predicted octanol–water partition coefficient (Wildman–Crippen LogP) is 4.87. The monoisotopic (exact) mass is 356 g/mol. The first-order valence-electron chi connectivity index (χ1n) is 8.93. The van der Waals surface area contributed by atoms with Crippen LogP contribution in [0, 0.1) is 6.92 Å². The number of aromatic nitrogens is 2. The van der Waals surface area contributed by atoms with Gasteiger partial charge in [0.2, 0.25) is 0 Å². The summed E-state index contributed by atoms with van der Waals surface area (Å²) in [6.07, 6.45) is 6.82. The zero-order chi connectivity index (χ0) is 17.6. The van der Waals surface area contributed by atoms with E-state index in [2.05, 4.69) is 22.1 Å². The molecular weight excluding hydrogens is 332 g/mol. The number of carboxylic acids is 1. The molecule has 0 unspecified atom stereocenters. The van der Waals surface area contributed by atoms with Crippen LogP contribution in [0.4, 0.5) is 0 Å². The Morgan fingerprint density at radius 1 is 1.16 bits per heavy atom. The molecule has 0 bridgehead atoms. The van der Waals surface area contributed by atoms with Crippen molar-refractivity contribution in [2.45, 2.75) is 56.4 Å². The molecule has 1 N–H and O–H groups in total. The van der Waals surface area contributed by atoms with E-state index >= 15 is 0 Å². The summed E-state index contributed by atoms with van der Waals surface area (Å²) < 4.78 is 0. The van der Waals surface area contributed by atoms with Crippen LogP contribution < -0.4 is 0 Å². The number of carbonyl (C=O) groups is 1. The van der Waals surface area contributed by atoms with Crippen LogP contribution in [0.5, 0.6) is 0 Å². The largest absolute Gasteiger partial charge is 0.478 e. The molecule has 1 saturated carbocycles. The van der Waals surface area contributed by atoms with E-state index < -0.39 is 5.97 Å². The van der Waals surface area contributed by atoms with E-state index in [0.29, 0.717) is 16.6 Å². The van der Waals surface area contributed by atoms with Crippen LogP contribution in [0.3, 0.4) is 0 Å². The number of benzene rings is 1. The first-order chi connectivity index (χ1) is 12.1. The second-order valence-corrected chi connectivity index (χ2v) is 7.66. The minimum absolute atomic E-state index is 0.262.